The van der Waals surface area contributed by atoms with Crippen LogP contribution < -0.4 is 0 Å². The van der Waals surface area contributed by atoms with Crippen molar-refractivity contribution in [2.45, 2.75) is 0 Å². The molecule has 28 heavy (non-hydrogen) atoms. The molecule has 0 unspecified atom stereocenters. The number of para-hydroxylation sites is 4. The van der Waals surface area contributed by atoms with Crippen LogP contribution in [0.2, 0.25) is 0 Å². The molecule has 0 aliphatic rings. The Labute approximate surface area is 165 Å². The van der Waals surface area contributed by atoms with Crippen molar-refractivity contribution in [3.05, 3.63) is 121 Å². The molecule has 0 heterocycles. The fourth-order valence-electron chi connectivity index (χ4n) is 1.71. The zero-order valence-electron chi connectivity index (χ0n) is 15.3. The van der Waals surface area contributed by atoms with Crippen LogP contribution in [-0.2, 0) is 0 Å². The molecule has 4 N–H and O–H groups in total. The number of phenols is 4. The lowest BCUT2D eigenvalue weighted by Gasteiger charge is -1.82. The molecule has 4 aromatic rings. The molecule has 4 heteroatoms. The van der Waals surface area contributed by atoms with Crippen LogP contribution in [0.25, 0.3) is 0 Å². The van der Waals surface area contributed by atoms with Crippen LogP contribution in [0.3, 0.4) is 0 Å². The topological polar surface area (TPSA) is 80.9 Å². The van der Waals surface area contributed by atoms with E-state index in [4.69, 9.17) is 20.4 Å². The fourth-order valence-corrected chi connectivity index (χ4v) is 1.71. The quantitative estimate of drug-likeness (QED) is 0.323. The zero-order valence-corrected chi connectivity index (χ0v) is 15.3. The predicted molar refractivity (Wildman–Crippen MR) is 112 cm³/mol. The average molecular weight is 376 g/mol. The standard InChI is InChI=1S/4C6H6O/c4*7-6-4-2-1-3-5-6/h4*1-5,7H. The molecule has 0 amide bonds. The summed E-state index contributed by atoms with van der Waals surface area (Å²) in [7, 11) is 0. The van der Waals surface area contributed by atoms with Crippen LogP contribution in [0, 0.1) is 0 Å². The van der Waals surface area contributed by atoms with E-state index < -0.39 is 0 Å². The third kappa shape index (κ3) is 12.4. The van der Waals surface area contributed by atoms with Crippen LogP contribution in [0.5, 0.6) is 23.0 Å². The summed E-state index contributed by atoms with van der Waals surface area (Å²) in [6.45, 7) is 0. The SMILES string of the molecule is Oc1ccccc1.Oc1ccccc1.Oc1ccccc1.Oc1ccccc1. The number of rotatable bonds is 0. The molecule has 0 saturated carbocycles. The molecule has 0 atom stereocenters. The Morgan fingerprint density at radius 3 is 0.464 bits per heavy atom. The monoisotopic (exact) mass is 376 g/mol. The molecular formula is C24H24O4. The number of benzene rings is 4. The van der Waals surface area contributed by atoms with Crippen LogP contribution >= 0.6 is 0 Å². The van der Waals surface area contributed by atoms with Gasteiger partial charge in [-0.2, -0.15) is 0 Å². The largest absolute Gasteiger partial charge is 0.508 e. The van der Waals surface area contributed by atoms with Crippen molar-refractivity contribution >= 4 is 0 Å². The number of hydrogen-bond acceptors (Lipinski definition) is 4. The Morgan fingerprint density at radius 2 is 0.393 bits per heavy atom. The summed E-state index contributed by atoms with van der Waals surface area (Å²) in [5.74, 6) is 1.29. The molecule has 4 nitrogen and oxygen atoms in total. The van der Waals surface area contributed by atoms with Gasteiger partial charge in [0.15, 0.2) is 0 Å². The Bertz CT molecular complexity index is 686. The molecule has 4 aromatic carbocycles. The summed E-state index contributed by atoms with van der Waals surface area (Å²) in [5, 5.41) is 34.5. The highest BCUT2D eigenvalue weighted by Gasteiger charge is 1.76. The van der Waals surface area contributed by atoms with Gasteiger partial charge in [-0.3, -0.25) is 0 Å². The second kappa shape index (κ2) is 14.3. The predicted octanol–water partition coefficient (Wildman–Crippen LogP) is 5.57. The van der Waals surface area contributed by atoms with Gasteiger partial charge in [-0.1, -0.05) is 72.8 Å². The van der Waals surface area contributed by atoms with Gasteiger partial charge < -0.3 is 20.4 Å². The van der Waals surface area contributed by atoms with Crippen LogP contribution in [0.1, 0.15) is 0 Å². The number of phenolic OH excluding ortho intramolecular Hbond substituents is 4. The summed E-state index contributed by atoms with van der Waals surface area (Å²) in [4.78, 5) is 0. The fraction of sp³-hybridized carbons (Fsp3) is 0. The normalized spacial score (nSPS) is 8.57. The van der Waals surface area contributed by atoms with E-state index in [1.165, 1.54) is 0 Å². The molecule has 0 bridgehead atoms. The van der Waals surface area contributed by atoms with Crippen LogP contribution in [-0.4, -0.2) is 20.4 Å². The third-order valence-electron chi connectivity index (χ3n) is 3.02. The maximum atomic E-state index is 8.63. The van der Waals surface area contributed by atoms with Gasteiger partial charge in [-0.15, -0.1) is 0 Å². The van der Waals surface area contributed by atoms with Crippen molar-refractivity contribution in [1.82, 2.24) is 0 Å². The Balaban J connectivity index is 0.000000187. The Kier molecular flexibility index (Phi) is 11.3. The minimum Gasteiger partial charge on any atom is -0.508 e. The molecule has 0 spiro atoms. The molecule has 0 radical (unpaired) electrons. The lowest BCUT2D eigenvalue weighted by molar-refractivity contribution is 0.475. The molecule has 4 rings (SSSR count). The molecule has 0 aliphatic heterocycles. The van der Waals surface area contributed by atoms with Gasteiger partial charge in [0.1, 0.15) is 23.0 Å². The lowest BCUT2D eigenvalue weighted by atomic mass is 10.3. The second-order valence-corrected chi connectivity index (χ2v) is 5.34. The van der Waals surface area contributed by atoms with Crippen molar-refractivity contribution < 1.29 is 20.4 Å². The van der Waals surface area contributed by atoms with E-state index >= 15 is 0 Å². The summed E-state index contributed by atoms with van der Waals surface area (Å²) in [6.07, 6.45) is 0. The van der Waals surface area contributed by atoms with Gasteiger partial charge in [0, 0.05) is 0 Å². The highest BCUT2D eigenvalue weighted by Crippen LogP contribution is 2.04. The van der Waals surface area contributed by atoms with E-state index in [1.807, 2.05) is 24.3 Å². The summed E-state index contributed by atoms with van der Waals surface area (Å²) in [5.41, 5.74) is 0. The maximum Gasteiger partial charge on any atom is 0.115 e. The van der Waals surface area contributed by atoms with E-state index in [0.29, 0.717) is 23.0 Å². The van der Waals surface area contributed by atoms with E-state index in [2.05, 4.69) is 0 Å². The summed E-state index contributed by atoms with van der Waals surface area (Å²) < 4.78 is 0. The van der Waals surface area contributed by atoms with E-state index in [-0.39, 0.29) is 0 Å². The van der Waals surface area contributed by atoms with Crippen molar-refractivity contribution in [3.63, 3.8) is 0 Å². The molecule has 0 aromatic heterocycles. The number of aromatic hydroxyl groups is 4. The van der Waals surface area contributed by atoms with Gasteiger partial charge in [0.05, 0.1) is 0 Å². The van der Waals surface area contributed by atoms with Crippen LogP contribution in [0.15, 0.2) is 121 Å². The first kappa shape index (κ1) is 22.1. The van der Waals surface area contributed by atoms with E-state index in [1.54, 1.807) is 97.1 Å². The van der Waals surface area contributed by atoms with Crippen molar-refractivity contribution in [2.75, 3.05) is 0 Å². The highest BCUT2D eigenvalue weighted by atomic mass is 16.3. The number of hydrogen-bond donors (Lipinski definition) is 4. The van der Waals surface area contributed by atoms with Crippen molar-refractivity contribution in [2.24, 2.45) is 0 Å². The van der Waals surface area contributed by atoms with Crippen LogP contribution in [0.4, 0.5) is 0 Å². The molecule has 0 aliphatic carbocycles. The minimum atomic E-state index is 0.322. The van der Waals surface area contributed by atoms with Crippen molar-refractivity contribution in [1.29, 1.82) is 0 Å². The average Bonchev–Trinajstić information content (AvgIpc) is 2.72. The lowest BCUT2D eigenvalue weighted by Crippen LogP contribution is -1.56. The van der Waals surface area contributed by atoms with Gasteiger partial charge in [0.2, 0.25) is 0 Å². The minimum absolute atomic E-state index is 0.322. The second-order valence-electron chi connectivity index (χ2n) is 5.34. The Morgan fingerprint density at radius 1 is 0.250 bits per heavy atom. The maximum absolute atomic E-state index is 8.63. The van der Waals surface area contributed by atoms with E-state index in [0.717, 1.165) is 0 Å². The van der Waals surface area contributed by atoms with Gasteiger partial charge in [-0.05, 0) is 48.5 Å². The first-order valence-corrected chi connectivity index (χ1v) is 8.54. The highest BCUT2D eigenvalue weighted by molar-refractivity contribution is 5.20. The summed E-state index contributed by atoms with van der Waals surface area (Å²) in [6, 6.07) is 34.9. The molecular weight excluding hydrogens is 352 g/mol. The zero-order chi connectivity index (χ0) is 20.5. The first-order valence-electron chi connectivity index (χ1n) is 8.54. The van der Waals surface area contributed by atoms with Gasteiger partial charge in [-0.25, -0.2) is 0 Å². The van der Waals surface area contributed by atoms with Crippen molar-refractivity contribution in [3.8, 4) is 23.0 Å². The smallest absolute Gasteiger partial charge is 0.115 e. The molecule has 144 valence electrons. The summed E-state index contributed by atoms with van der Waals surface area (Å²) >= 11 is 0. The van der Waals surface area contributed by atoms with Gasteiger partial charge in [0.25, 0.3) is 0 Å². The van der Waals surface area contributed by atoms with E-state index in [9.17, 15) is 0 Å². The third-order valence-corrected chi connectivity index (χ3v) is 3.02. The Hall–Kier alpha value is -3.92. The molecule has 0 saturated heterocycles. The molecule has 0 fully saturated rings. The van der Waals surface area contributed by atoms with Gasteiger partial charge >= 0.3 is 0 Å². The first-order chi connectivity index (χ1) is 13.6.